The molecule has 3 N–H and O–H groups in total. The number of nitrogens with zero attached hydrogens (tertiary/aromatic N) is 1. The Balaban J connectivity index is 1.71. The number of nitro groups is 1. The van der Waals surface area contributed by atoms with Crippen molar-refractivity contribution in [1.29, 1.82) is 0 Å². The van der Waals surface area contributed by atoms with Crippen molar-refractivity contribution in [3.05, 3.63) is 64.7 Å². The van der Waals surface area contributed by atoms with E-state index in [9.17, 15) is 14.9 Å². The van der Waals surface area contributed by atoms with Crippen LogP contribution in [0.3, 0.4) is 0 Å². The molecule has 0 bridgehead atoms. The molecular weight excluding hydrogens is 348 g/mol. The second-order valence-corrected chi connectivity index (χ2v) is 5.99. The number of nitro benzene ring substituents is 1. The number of thioether (sulfide) groups is 1. The van der Waals surface area contributed by atoms with Gasteiger partial charge in [0.15, 0.2) is 5.11 Å². The normalized spacial score (nSPS) is 9.83. The predicted molar refractivity (Wildman–Crippen MR) is 97.8 cm³/mol. The summed E-state index contributed by atoms with van der Waals surface area (Å²) in [4.78, 5) is 22.6. The average Bonchev–Trinajstić information content (AvgIpc) is 2.59. The van der Waals surface area contributed by atoms with E-state index in [4.69, 9.17) is 12.2 Å². The molecule has 0 fully saturated rings. The maximum atomic E-state index is 11.8. The maximum Gasteiger partial charge on any atom is 0.269 e. The predicted octanol–water partition coefficient (Wildman–Crippen LogP) is 2.70. The molecule has 124 valence electrons. The van der Waals surface area contributed by atoms with Crippen molar-refractivity contribution in [3.63, 3.8) is 0 Å². The molecule has 7 nitrogen and oxygen atoms in total. The largest absolute Gasteiger partial charge is 0.331 e. The van der Waals surface area contributed by atoms with Crippen LogP contribution in [-0.4, -0.2) is 21.7 Å². The van der Waals surface area contributed by atoms with Crippen molar-refractivity contribution < 1.29 is 9.72 Å². The minimum absolute atomic E-state index is 0.0165. The number of benzene rings is 2. The zero-order valence-corrected chi connectivity index (χ0v) is 14.0. The first-order valence-electron chi connectivity index (χ1n) is 6.83. The third-order valence-corrected chi connectivity index (χ3v) is 3.98. The maximum absolute atomic E-state index is 11.8. The van der Waals surface area contributed by atoms with Crippen LogP contribution in [-0.2, 0) is 4.79 Å². The number of nitrogens with one attached hydrogen (secondary N) is 3. The van der Waals surface area contributed by atoms with Crippen LogP contribution in [0.4, 0.5) is 11.4 Å². The summed E-state index contributed by atoms with van der Waals surface area (Å²) in [5.74, 6) is -0.116. The van der Waals surface area contributed by atoms with Crippen LogP contribution in [0.25, 0.3) is 0 Å². The molecule has 0 aliphatic rings. The standard InChI is InChI=1S/C15H14N4O3S2/c20-14(10-24-13-8-6-12(7-9-13)19(21)22)17-18-15(23)16-11-4-2-1-3-5-11/h1-9H,10H2,(H,17,20)(H2,16,18,23). The number of carbonyl (C=O) groups excluding carboxylic acids is 1. The van der Waals surface area contributed by atoms with Gasteiger partial charge in [-0.1, -0.05) is 18.2 Å². The van der Waals surface area contributed by atoms with Gasteiger partial charge in [0.25, 0.3) is 5.69 Å². The lowest BCUT2D eigenvalue weighted by atomic mass is 10.3. The molecule has 2 rings (SSSR count). The Labute approximate surface area is 147 Å². The van der Waals surface area contributed by atoms with Crippen molar-refractivity contribution in [3.8, 4) is 0 Å². The number of para-hydroxylation sites is 1. The second kappa shape index (κ2) is 8.85. The first-order chi connectivity index (χ1) is 11.5. The summed E-state index contributed by atoms with van der Waals surface area (Å²) in [6.07, 6.45) is 0. The average molecular weight is 362 g/mol. The summed E-state index contributed by atoms with van der Waals surface area (Å²) in [5.41, 5.74) is 5.92. The van der Waals surface area contributed by atoms with Gasteiger partial charge < -0.3 is 5.32 Å². The fraction of sp³-hybridized carbons (Fsp3) is 0.0667. The van der Waals surface area contributed by atoms with Crippen molar-refractivity contribution in [2.75, 3.05) is 11.1 Å². The smallest absolute Gasteiger partial charge is 0.269 e. The number of carbonyl (C=O) groups is 1. The molecule has 24 heavy (non-hydrogen) atoms. The minimum atomic E-state index is -0.467. The second-order valence-electron chi connectivity index (χ2n) is 4.53. The number of thiocarbonyl (C=S) groups is 1. The van der Waals surface area contributed by atoms with Gasteiger partial charge in [0.05, 0.1) is 10.7 Å². The SMILES string of the molecule is O=C(CSc1ccc([N+](=O)[O-])cc1)NNC(=S)Nc1ccccc1. The van der Waals surface area contributed by atoms with Crippen molar-refractivity contribution in [1.82, 2.24) is 10.9 Å². The Bertz CT molecular complexity index is 723. The lowest BCUT2D eigenvalue weighted by Crippen LogP contribution is -2.44. The van der Waals surface area contributed by atoms with Gasteiger partial charge >= 0.3 is 0 Å². The Hall–Kier alpha value is -2.65. The highest BCUT2D eigenvalue weighted by molar-refractivity contribution is 8.00. The van der Waals surface area contributed by atoms with Gasteiger partial charge in [0.1, 0.15) is 0 Å². The van der Waals surface area contributed by atoms with E-state index in [-0.39, 0.29) is 22.5 Å². The number of anilines is 1. The van der Waals surface area contributed by atoms with E-state index >= 15 is 0 Å². The Morgan fingerprint density at radius 2 is 1.75 bits per heavy atom. The number of hydrogen-bond donors (Lipinski definition) is 3. The van der Waals surface area contributed by atoms with Crippen LogP contribution in [0.1, 0.15) is 0 Å². The van der Waals surface area contributed by atoms with Gasteiger partial charge in [-0.05, 0) is 36.5 Å². The Morgan fingerprint density at radius 1 is 1.08 bits per heavy atom. The lowest BCUT2D eigenvalue weighted by Gasteiger charge is -2.11. The van der Waals surface area contributed by atoms with Crippen LogP contribution in [0.15, 0.2) is 59.5 Å². The Morgan fingerprint density at radius 3 is 2.38 bits per heavy atom. The molecule has 0 atom stereocenters. The van der Waals surface area contributed by atoms with Gasteiger partial charge in [-0.15, -0.1) is 11.8 Å². The molecule has 0 radical (unpaired) electrons. The van der Waals surface area contributed by atoms with Crippen LogP contribution < -0.4 is 16.2 Å². The van der Waals surface area contributed by atoms with Gasteiger partial charge in [0.2, 0.25) is 5.91 Å². The lowest BCUT2D eigenvalue weighted by molar-refractivity contribution is -0.384. The van der Waals surface area contributed by atoms with Crippen LogP contribution >= 0.6 is 24.0 Å². The number of rotatable bonds is 5. The first-order valence-corrected chi connectivity index (χ1v) is 8.22. The third-order valence-electron chi connectivity index (χ3n) is 2.76. The molecule has 0 aliphatic heterocycles. The number of non-ortho nitro benzene ring substituents is 1. The van der Waals surface area contributed by atoms with Gasteiger partial charge in [-0.3, -0.25) is 25.8 Å². The summed E-state index contributed by atoms with van der Waals surface area (Å²) in [6.45, 7) is 0. The molecule has 2 aromatic carbocycles. The zero-order valence-electron chi connectivity index (χ0n) is 12.4. The summed E-state index contributed by atoms with van der Waals surface area (Å²) in [5, 5.41) is 13.8. The topological polar surface area (TPSA) is 96.3 Å². The summed E-state index contributed by atoms with van der Waals surface area (Å²) in [6, 6.07) is 15.3. The molecule has 0 aromatic heterocycles. The molecule has 0 spiro atoms. The first kappa shape index (κ1) is 17.7. The van der Waals surface area contributed by atoms with E-state index in [1.54, 1.807) is 12.1 Å². The van der Waals surface area contributed by atoms with Crippen LogP contribution in [0.5, 0.6) is 0 Å². The molecule has 0 saturated heterocycles. The van der Waals surface area contributed by atoms with E-state index in [1.807, 2.05) is 30.3 Å². The van der Waals surface area contributed by atoms with Crippen molar-refractivity contribution in [2.24, 2.45) is 0 Å². The highest BCUT2D eigenvalue weighted by Crippen LogP contribution is 2.20. The molecule has 2 aromatic rings. The van der Waals surface area contributed by atoms with Gasteiger partial charge in [-0.25, -0.2) is 0 Å². The van der Waals surface area contributed by atoms with E-state index in [0.717, 1.165) is 10.6 Å². The highest BCUT2D eigenvalue weighted by Gasteiger charge is 2.07. The Kier molecular flexibility index (Phi) is 6.52. The van der Waals surface area contributed by atoms with Crippen LogP contribution in [0.2, 0.25) is 0 Å². The fourth-order valence-corrected chi connectivity index (χ4v) is 2.53. The molecule has 9 heteroatoms. The van der Waals surface area contributed by atoms with Crippen molar-refractivity contribution in [2.45, 2.75) is 4.90 Å². The highest BCUT2D eigenvalue weighted by atomic mass is 32.2. The summed E-state index contributed by atoms with van der Waals surface area (Å²) in [7, 11) is 0. The van der Waals surface area contributed by atoms with Gasteiger partial charge in [0, 0.05) is 22.7 Å². The van der Waals surface area contributed by atoms with E-state index in [2.05, 4.69) is 16.2 Å². The fourth-order valence-electron chi connectivity index (χ4n) is 1.66. The molecule has 0 saturated carbocycles. The molecule has 1 amide bonds. The van der Waals surface area contributed by atoms with Gasteiger partial charge in [-0.2, -0.15) is 0 Å². The quantitative estimate of drug-likeness (QED) is 0.326. The summed E-state index contributed by atoms with van der Waals surface area (Å²) < 4.78 is 0. The molecule has 0 aliphatic carbocycles. The minimum Gasteiger partial charge on any atom is -0.331 e. The van der Waals surface area contributed by atoms with E-state index in [0.29, 0.717) is 0 Å². The monoisotopic (exact) mass is 362 g/mol. The summed E-state index contributed by atoms with van der Waals surface area (Å²) >= 11 is 6.33. The van der Waals surface area contributed by atoms with E-state index < -0.39 is 4.92 Å². The van der Waals surface area contributed by atoms with E-state index in [1.165, 1.54) is 23.9 Å². The number of hydrazine groups is 1. The van der Waals surface area contributed by atoms with Crippen molar-refractivity contribution >= 4 is 46.4 Å². The zero-order chi connectivity index (χ0) is 17.4. The molecule has 0 heterocycles. The number of amides is 1. The molecular formula is C15H14N4O3S2. The number of hydrogen-bond acceptors (Lipinski definition) is 5. The van der Waals surface area contributed by atoms with Crippen LogP contribution in [0, 0.1) is 10.1 Å². The third kappa shape index (κ3) is 5.86. The molecule has 0 unspecified atom stereocenters.